The van der Waals surface area contributed by atoms with Gasteiger partial charge in [0.15, 0.2) is 24.7 Å². The zero-order valence-corrected chi connectivity index (χ0v) is 27.6. The van der Waals surface area contributed by atoms with Crippen molar-refractivity contribution in [2.45, 2.75) is 149 Å². The molecule has 1 saturated carbocycles. The van der Waals surface area contributed by atoms with E-state index in [4.69, 9.17) is 57.1 Å². The SMILES string of the molecule is CC[C@H](O)[C@H](O)C(=O)C[C@@H]1C[C@H](N)[C@@H](O[C@H]2O[C@H](CN)[C@@H](O)[C@@H](O)[C@H]2N)[C@H](O[C@@H]2O[C@H](CO)[C@@H](O[C@H]3O[C@@H](CN)[C@@H](O)[C@H](O)[C@H]3N)[C@H]2O)[C@H]1O. The fourth-order valence-corrected chi connectivity index (χ4v) is 6.82. The Morgan fingerprint density at radius 2 is 1.18 bits per heavy atom. The van der Waals surface area contributed by atoms with Gasteiger partial charge in [0.1, 0.15) is 73.2 Å². The van der Waals surface area contributed by atoms with Crippen LogP contribution < -0.4 is 28.7 Å². The third-order valence-electron chi connectivity index (χ3n) is 10.0. The van der Waals surface area contributed by atoms with E-state index in [9.17, 15) is 50.8 Å². The molecule has 0 bridgehead atoms. The Balaban J connectivity index is 1.58. The second-order valence-corrected chi connectivity index (χ2v) is 13.4. The van der Waals surface area contributed by atoms with Gasteiger partial charge in [-0.1, -0.05) is 6.92 Å². The molecular formula is C29H55N5O16. The number of hydrogen-bond donors (Lipinski definition) is 14. The first-order valence-electron chi connectivity index (χ1n) is 16.8. The van der Waals surface area contributed by atoms with E-state index >= 15 is 0 Å². The van der Waals surface area contributed by atoms with Gasteiger partial charge in [-0.05, 0) is 18.8 Å². The maximum Gasteiger partial charge on any atom is 0.187 e. The third-order valence-corrected chi connectivity index (χ3v) is 10.0. The highest BCUT2D eigenvalue weighted by Crippen LogP contribution is 2.37. The monoisotopic (exact) mass is 729 g/mol. The van der Waals surface area contributed by atoms with Crippen molar-refractivity contribution in [1.29, 1.82) is 0 Å². The Bertz CT molecular complexity index is 1080. The quantitative estimate of drug-likeness (QED) is 0.0789. The predicted octanol–water partition coefficient (Wildman–Crippen LogP) is -8.52. The minimum Gasteiger partial charge on any atom is -0.394 e. The zero-order valence-electron chi connectivity index (χ0n) is 27.6. The predicted molar refractivity (Wildman–Crippen MR) is 166 cm³/mol. The molecule has 0 aromatic rings. The molecule has 50 heavy (non-hydrogen) atoms. The van der Waals surface area contributed by atoms with Crippen LogP contribution in [0.4, 0.5) is 0 Å². The number of rotatable bonds is 14. The Kier molecular flexibility index (Phi) is 14.8. The van der Waals surface area contributed by atoms with Crippen LogP contribution in [0.5, 0.6) is 0 Å². The highest BCUT2D eigenvalue weighted by molar-refractivity contribution is 5.83. The average molecular weight is 730 g/mol. The van der Waals surface area contributed by atoms with Gasteiger partial charge in [-0.25, -0.2) is 0 Å². The summed E-state index contributed by atoms with van der Waals surface area (Å²) in [6.07, 6.45) is -25.0. The van der Waals surface area contributed by atoms with E-state index in [0.29, 0.717) is 0 Å². The van der Waals surface area contributed by atoms with Crippen LogP contribution in [-0.2, 0) is 33.2 Å². The van der Waals surface area contributed by atoms with E-state index in [2.05, 4.69) is 0 Å². The highest BCUT2D eigenvalue weighted by atomic mass is 16.8. The van der Waals surface area contributed by atoms with Crippen LogP contribution in [0.15, 0.2) is 0 Å². The zero-order chi connectivity index (χ0) is 37.2. The number of carbonyl (C=O) groups excluding carboxylic acids is 1. The van der Waals surface area contributed by atoms with Gasteiger partial charge in [-0.3, -0.25) is 4.79 Å². The lowest BCUT2D eigenvalue weighted by Crippen LogP contribution is -2.67. The van der Waals surface area contributed by atoms with Crippen LogP contribution in [0.1, 0.15) is 26.2 Å². The van der Waals surface area contributed by atoms with Crippen molar-refractivity contribution in [1.82, 2.24) is 0 Å². The molecule has 0 aromatic carbocycles. The van der Waals surface area contributed by atoms with Crippen LogP contribution in [0.3, 0.4) is 0 Å². The molecule has 21 atom stereocenters. The van der Waals surface area contributed by atoms with Crippen LogP contribution in [-0.4, -0.2) is 194 Å². The number of aliphatic hydroxyl groups excluding tert-OH is 9. The average Bonchev–Trinajstić information content (AvgIpc) is 3.40. The summed E-state index contributed by atoms with van der Waals surface area (Å²) >= 11 is 0. The molecule has 1 aliphatic carbocycles. The molecule has 292 valence electrons. The summed E-state index contributed by atoms with van der Waals surface area (Å²) in [5.41, 5.74) is 29.9. The number of ketones is 1. The van der Waals surface area contributed by atoms with Gasteiger partial charge in [-0.15, -0.1) is 0 Å². The molecule has 0 spiro atoms. The topological polar surface area (TPSA) is 385 Å². The minimum absolute atomic E-state index is 0.0771. The lowest BCUT2D eigenvalue weighted by Gasteiger charge is -2.48. The van der Waals surface area contributed by atoms with Crippen molar-refractivity contribution < 1.29 is 79.2 Å². The van der Waals surface area contributed by atoms with Crippen molar-refractivity contribution >= 4 is 5.78 Å². The standard InChI is InChI=1S/C29H55N5O16/c1-2-10(36)18(39)11(37)4-8-3-9(32)24(48-27-15(33)21(42)19(40)12(5-30)45-27)26(17(8)38)50-29-23(44)25(14(7-35)47-29)49-28-16(34)22(43)20(41)13(6-31)46-28/h8-10,12-29,35-36,38-44H,2-7,30-34H2,1H3/t8-,9-,10-,12+,13-,14+,15+,16+,17-,18-,19+,20+,21-,22+,23+,24+,25+,26+,27+,28+,29-/m0/s1. The molecule has 0 unspecified atom stereocenters. The van der Waals surface area contributed by atoms with E-state index in [0.717, 1.165) is 0 Å². The van der Waals surface area contributed by atoms with Gasteiger partial charge < -0.3 is 103 Å². The number of hydrogen-bond acceptors (Lipinski definition) is 21. The number of ether oxygens (including phenoxy) is 6. The maximum atomic E-state index is 12.9. The molecule has 3 heterocycles. The Hall–Kier alpha value is -1.13. The van der Waals surface area contributed by atoms with Crippen LogP contribution >= 0.6 is 0 Å². The maximum absolute atomic E-state index is 12.9. The van der Waals surface area contributed by atoms with Crippen molar-refractivity contribution in [3.05, 3.63) is 0 Å². The number of carbonyl (C=O) groups is 1. The summed E-state index contributed by atoms with van der Waals surface area (Å²) < 4.78 is 35.1. The van der Waals surface area contributed by atoms with Gasteiger partial charge in [0.25, 0.3) is 0 Å². The first kappa shape index (κ1) is 41.6. The summed E-state index contributed by atoms with van der Waals surface area (Å²) in [4.78, 5) is 12.9. The number of aliphatic hydroxyl groups is 9. The summed E-state index contributed by atoms with van der Waals surface area (Å²) in [5, 5.41) is 94.8. The molecular weight excluding hydrogens is 674 g/mol. The van der Waals surface area contributed by atoms with E-state index in [1.807, 2.05) is 0 Å². The first-order chi connectivity index (χ1) is 23.6. The first-order valence-corrected chi connectivity index (χ1v) is 16.8. The minimum atomic E-state index is -1.73. The van der Waals surface area contributed by atoms with E-state index < -0.39 is 147 Å². The van der Waals surface area contributed by atoms with Crippen LogP contribution in [0.2, 0.25) is 0 Å². The molecule has 21 heteroatoms. The Morgan fingerprint density at radius 3 is 1.66 bits per heavy atom. The largest absolute Gasteiger partial charge is 0.394 e. The van der Waals surface area contributed by atoms with Gasteiger partial charge in [0.05, 0.1) is 30.9 Å². The molecule has 4 aliphatic rings. The molecule has 4 fully saturated rings. The molecule has 0 aromatic heterocycles. The van der Waals surface area contributed by atoms with Crippen molar-refractivity contribution in [3.8, 4) is 0 Å². The van der Waals surface area contributed by atoms with Crippen LogP contribution in [0.25, 0.3) is 0 Å². The number of Topliss-reactive ketones (excluding diaryl/α,β-unsaturated/α-hetero) is 1. The van der Waals surface area contributed by atoms with Gasteiger partial charge >= 0.3 is 0 Å². The third kappa shape index (κ3) is 8.63. The van der Waals surface area contributed by atoms with Crippen molar-refractivity contribution in [2.75, 3.05) is 19.7 Å². The molecule has 3 saturated heterocycles. The van der Waals surface area contributed by atoms with Gasteiger partial charge in [-0.2, -0.15) is 0 Å². The Labute approximate surface area is 288 Å². The lowest BCUT2D eigenvalue weighted by molar-refractivity contribution is -0.309. The summed E-state index contributed by atoms with van der Waals surface area (Å²) in [7, 11) is 0. The summed E-state index contributed by atoms with van der Waals surface area (Å²) in [6, 6.07) is -3.67. The highest BCUT2D eigenvalue weighted by Gasteiger charge is 2.55. The lowest BCUT2D eigenvalue weighted by atomic mass is 9.76. The van der Waals surface area contributed by atoms with E-state index in [-0.39, 0.29) is 25.9 Å². The summed E-state index contributed by atoms with van der Waals surface area (Å²) in [5.74, 6) is -1.74. The fraction of sp³-hybridized carbons (Fsp3) is 0.966. The molecule has 4 rings (SSSR count). The molecule has 21 nitrogen and oxygen atoms in total. The fourth-order valence-electron chi connectivity index (χ4n) is 6.82. The van der Waals surface area contributed by atoms with Crippen LogP contribution in [0, 0.1) is 5.92 Å². The smallest absolute Gasteiger partial charge is 0.187 e. The van der Waals surface area contributed by atoms with Crippen molar-refractivity contribution in [2.24, 2.45) is 34.6 Å². The molecule has 0 radical (unpaired) electrons. The normalized spacial score (nSPS) is 48.3. The van der Waals surface area contributed by atoms with Crippen molar-refractivity contribution in [3.63, 3.8) is 0 Å². The summed E-state index contributed by atoms with van der Waals surface area (Å²) in [6.45, 7) is 0.422. The molecule has 19 N–H and O–H groups in total. The second kappa shape index (κ2) is 17.8. The molecule has 3 aliphatic heterocycles. The van der Waals surface area contributed by atoms with E-state index in [1.54, 1.807) is 6.92 Å². The second-order valence-electron chi connectivity index (χ2n) is 13.4. The van der Waals surface area contributed by atoms with E-state index in [1.165, 1.54) is 0 Å². The van der Waals surface area contributed by atoms with Gasteiger partial charge in [0, 0.05) is 25.6 Å². The van der Waals surface area contributed by atoms with Gasteiger partial charge in [0.2, 0.25) is 0 Å². The Morgan fingerprint density at radius 1 is 0.700 bits per heavy atom. The molecule has 0 amide bonds. The number of nitrogens with two attached hydrogens (primary N) is 5.